The Morgan fingerprint density at radius 2 is 1.97 bits per heavy atom. The summed E-state index contributed by atoms with van der Waals surface area (Å²) >= 11 is 9.16. The van der Waals surface area contributed by atoms with Crippen molar-refractivity contribution in [2.75, 3.05) is 12.9 Å². The molecule has 1 aromatic heterocycles. The van der Waals surface area contributed by atoms with Crippen molar-refractivity contribution in [1.29, 1.82) is 0 Å². The molecular weight excluding hydrogens is 478 g/mol. The van der Waals surface area contributed by atoms with Gasteiger partial charge in [-0.25, -0.2) is 10.4 Å². The minimum atomic E-state index is -0.209. The number of thioether (sulfide) groups is 1. The summed E-state index contributed by atoms with van der Waals surface area (Å²) in [4.78, 5) is 16.7. The quantitative estimate of drug-likeness (QED) is 0.180. The van der Waals surface area contributed by atoms with Crippen molar-refractivity contribution in [1.82, 2.24) is 10.4 Å². The van der Waals surface area contributed by atoms with Crippen molar-refractivity contribution in [3.8, 4) is 11.5 Å². The third-order valence-corrected chi connectivity index (χ3v) is 7.08. The zero-order chi connectivity index (χ0) is 23.0. The smallest absolute Gasteiger partial charge is 0.250 e. The Morgan fingerprint density at radius 3 is 2.79 bits per heavy atom. The number of hydrogen-bond donors (Lipinski definition) is 1. The van der Waals surface area contributed by atoms with E-state index in [2.05, 4.69) is 15.5 Å². The molecule has 0 saturated carbocycles. The fourth-order valence-electron chi connectivity index (χ4n) is 2.91. The Bertz CT molecular complexity index is 1260. The number of fused-ring (bicyclic) bond motifs is 1. The number of ether oxygens (including phenoxy) is 2. The molecule has 1 N–H and O–H groups in total. The van der Waals surface area contributed by atoms with E-state index in [1.165, 1.54) is 11.8 Å². The molecule has 168 valence electrons. The number of hydrogen-bond acceptors (Lipinski definition) is 7. The van der Waals surface area contributed by atoms with E-state index in [9.17, 15) is 4.79 Å². The normalized spacial score (nSPS) is 11.1. The number of halogens is 1. The molecule has 0 radical (unpaired) electrons. The number of carbonyl (C=O) groups is 1. The van der Waals surface area contributed by atoms with E-state index in [0.29, 0.717) is 23.1 Å². The Labute approximate surface area is 204 Å². The Balaban J connectivity index is 1.32. The average molecular weight is 498 g/mol. The first-order valence-corrected chi connectivity index (χ1v) is 12.1. The van der Waals surface area contributed by atoms with Crippen LogP contribution in [0.4, 0.5) is 0 Å². The maximum absolute atomic E-state index is 12.2. The lowest BCUT2D eigenvalue weighted by atomic mass is 10.2. The molecule has 1 amide bonds. The molecule has 0 bridgehead atoms. The van der Waals surface area contributed by atoms with Gasteiger partial charge in [0, 0.05) is 10.6 Å². The van der Waals surface area contributed by atoms with Crippen molar-refractivity contribution >= 4 is 57.0 Å². The summed E-state index contributed by atoms with van der Waals surface area (Å²) in [6, 6.07) is 20.8. The van der Waals surface area contributed by atoms with Crippen molar-refractivity contribution in [3.63, 3.8) is 0 Å². The highest BCUT2D eigenvalue weighted by molar-refractivity contribution is 8.01. The van der Waals surface area contributed by atoms with E-state index < -0.39 is 0 Å². The topological polar surface area (TPSA) is 72.8 Å². The molecule has 9 heteroatoms. The molecule has 0 aliphatic rings. The highest BCUT2D eigenvalue weighted by Crippen LogP contribution is 2.30. The Kier molecular flexibility index (Phi) is 7.83. The number of para-hydroxylation sites is 1. The van der Waals surface area contributed by atoms with Crippen LogP contribution in [0.25, 0.3) is 10.2 Å². The van der Waals surface area contributed by atoms with Gasteiger partial charge >= 0.3 is 0 Å². The lowest BCUT2D eigenvalue weighted by Crippen LogP contribution is -2.19. The van der Waals surface area contributed by atoms with E-state index in [4.69, 9.17) is 21.1 Å². The van der Waals surface area contributed by atoms with Crippen LogP contribution in [-0.2, 0) is 11.4 Å². The van der Waals surface area contributed by atoms with Crippen LogP contribution in [0.15, 0.2) is 76.2 Å². The van der Waals surface area contributed by atoms with Crippen LogP contribution in [0.2, 0.25) is 5.02 Å². The molecule has 6 nitrogen and oxygen atoms in total. The second-order valence-electron chi connectivity index (χ2n) is 6.82. The molecule has 0 aliphatic heterocycles. The standard InChI is InChI=1S/C24H20ClN3O3S2/c1-30-20-11-10-16(12-21(20)31-14-17-6-2-3-7-18(17)25)13-26-28-23(29)15-32-24-27-19-8-4-5-9-22(19)33-24/h2-13H,14-15H2,1H3,(H,28,29)/b26-13+. The summed E-state index contributed by atoms with van der Waals surface area (Å²) in [6.07, 6.45) is 1.56. The van der Waals surface area contributed by atoms with E-state index in [1.807, 2.05) is 54.6 Å². The highest BCUT2D eigenvalue weighted by Gasteiger charge is 2.09. The van der Waals surface area contributed by atoms with Gasteiger partial charge in [0.25, 0.3) is 5.91 Å². The maximum Gasteiger partial charge on any atom is 0.250 e. The van der Waals surface area contributed by atoms with Gasteiger partial charge in [0.2, 0.25) is 0 Å². The summed E-state index contributed by atoms with van der Waals surface area (Å²) in [7, 11) is 1.58. The van der Waals surface area contributed by atoms with Crippen LogP contribution >= 0.6 is 34.7 Å². The number of nitrogens with zero attached hydrogens (tertiary/aromatic N) is 2. The second-order valence-corrected chi connectivity index (χ2v) is 9.48. The third kappa shape index (κ3) is 6.25. The van der Waals surface area contributed by atoms with Crippen molar-refractivity contribution in [2.24, 2.45) is 5.10 Å². The van der Waals surface area contributed by atoms with Gasteiger partial charge in [-0.05, 0) is 42.0 Å². The van der Waals surface area contributed by atoms with E-state index in [1.54, 1.807) is 36.8 Å². The predicted molar refractivity (Wildman–Crippen MR) is 135 cm³/mol. The largest absolute Gasteiger partial charge is 0.493 e. The number of carbonyl (C=O) groups excluding carboxylic acids is 1. The number of methoxy groups -OCH3 is 1. The molecule has 33 heavy (non-hydrogen) atoms. The zero-order valence-electron chi connectivity index (χ0n) is 17.7. The SMILES string of the molecule is COc1ccc(/C=N/NC(=O)CSc2nc3ccccc3s2)cc1OCc1ccccc1Cl. The van der Waals surface area contributed by atoms with Gasteiger partial charge in [0.1, 0.15) is 6.61 Å². The Hall–Kier alpha value is -3.07. The molecule has 1 heterocycles. The van der Waals surface area contributed by atoms with Crippen LogP contribution in [-0.4, -0.2) is 30.0 Å². The average Bonchev–Trinajstić information content (AvgIpc) is 3.25. The van der Waals surface area contributed by atoms with Crippen molar-refractivity contribution < 1.29 is 14.3 Å². The number of aromatic nitrogens is 1. The summed E-state index contributed by atoms with van der Waals surface area (Å²) in [6.45, 7) is 0.302. The first-order chi connectivity index (χ1) is 16.1. The molecule has 0 saturated heterocycles. The molecule has 3 aromatic carbocycles. The van der Waals surface area contributed by atoms with E-state index in [-0.39, 0.29) is 11.7 Å². The van der Waals surface area contributed by atoms with Gasteiger partial charge in [0.05, 0.1) is 29.3 Å². The molecule has 4 aromatic rings. The van der Waals surface area contributed by atoms with Crippen LogP contribution in [0.5, 0.6) is 11.5 Å². The van der Waals surface area contributed by atoms with Gasteiger partial charge in [-0.3, -0.25) is 4.79 Å². The van der Waals surface area contributed by atoms with Gasteiger partial charge < -0.3 is 9.47 Å². The van der Waals surface area contributed by atoms with Crippen LogP contribution in [0.1, 0.15) is 11.1 Å². The number of nitrogens with one attached hydrogen (secondary N) is 1. The van der Waals surface area contributed by atoms with E-state index in [0.717, 1.165) is 25.7 Å². The minimum Gasteiger partial charge on any atom is -0.493 e. The fraction of sp³-hybridized carbons (Fsp3) is 0.125. The number of hydrazone groups is 1. The number of amides is 1. The molecule has 0 fully saturated rings. The van der Waals surface area contributed by atoms with Crippen molar-refractivity contribution in [2.45, 2.75) is 10.9 Å². The maximum atomic E-state index is 12.2. The summed E-state index contributed by atoms with van der Waals surface area (Å²) in [5.41, 5.74) is 5.11. The van der Waals surface area contributed by atoms with Crippen LogP contribution in [0.3, 0.4) is 0 Å². The second kappa shape index (κ2) is 11.2. The van der Waals surface area contributed by atoms with Gasteiger partial charge in [-0.2, -0.15) is 5.10 Å². The van der Waals surface area contributed by atoms with Gasteiger partial charge in [-0.15, -0.1) is 11.3 Å². The predicted octanol–water partition coefficient (Wildman–Crippen LogP) is 5.78. The number of rotatable bonds is 9. The number of benzene rings is 3. The van der Waals surface area contributed by atoms with Gasteiger partial charge in [-0.1, -0.05) is 53.7 Å². The Morgan fingerprint density at radius 1 is 1.15 bits per heavy atom. The molecule has 0 aliphatic carbocycles. The monoisotopic (exact) mass is 497 g/mol. The lowest BCUT2D eigenvalue weighted by Gasteiger charge is -2.12. The summed E-state index contributed by atoms with van der Waals surface area (Å²) < 4.78 is 13.2. The summed E-state index contributed by atoms with van der Waals surface area (Å²) in [5.74, 6) is 1.17. The van der Waals surface area contributed by atoms with E-state index >= 15 is 0 Å². The summed E-state index contributed by atoms with van der Waals surface area (Å²) in [5, 5.41) is 4.69. The fourth-order valence-corrected chi connectivity index (χ4v) is 4.96. The molecule has 0 atom stereocenters. The molecule has 4 rings (SSSR count). The minimum absolute atomic E-state index is 0.209. The third-order valence-electron chi connectivity index (χ3n) is 4.53. The zero-order valence-corrected chi connectivity index (χ0v) is 20.0. The number of thiazole rings is 1. The first-order valence-electron chi connectivity index (χ1n) is 9.97. The molecular formula is C24H20ClN3O3S2. The first kappa shape index (κ1) is 23.1. The van der Waals surface area contributed by atoms with Crippen molar-refractivity contribution in [3.05, 3.63) is 82.9 Å². The van der Waals surface area contributed by atoms with Crippen LogP contribution in [0, 0.1) is 0 Å². The van der Waals surface area contributed by atoms with Gasteiger partial charge in [0.15, 0.2) is 15.8 Å². The molecule has 0 spiro atoms. The van der Waals surface area contributed by atoms with Crippen LogP contribution < -0.4 is 14.9 Å². The lowest BCUT2D eigenvalue weighted by molar-refractivity contribution is -0.118. The highest BCUT2D eigenvalue weighted by atomic mass is 35.5. The molecule has 0 unspecified atom stereocenters.